The Morgan fingerprint density at radius 2 is 1.53 bits per heavy atom. The third-order valence-electron chi connectivity index (χ3n) is 3.08. The maximum atomic E-state index is 5.99. The van der Waals surface area contributed by atoms with Crippen molar-refractivity contribution < 1.29 is 9.47 Å². The van der Waals surface area contributed by atoms with Crippen molar-refractivity contribution in [1.29, 1.82) is 0 Å². The van der Waals surface area contributed by atoms with Crippen molar-refractivity contribution in [2.24, 2.45) is 0 Å². The minimum absolute atomic E-state index is 0.713. The Bertz CT molecular complexity index is 548. The molecule has 0 fully saturated rings. The topological polar surface area (TPSA) is 18.5 Å². The number of fused-ring (bicyclic) bond motifs is 1. The molecule has 2 aromatic carbocycles. The molecule has 0 bridgehead atoms. The highest BCUT2D eigenvalue weighted by Crippen LogP contribution is 2.45. The van der Waals surface area contributed by atoms with E-state index in [1.165, 1.54) is 0 Å². The molecule has 1 atom stereocenters. The number of rotatable bonds is 1. The highest BCUT2D eigenvalue weighted by molar-refractivity contribution is 5.49. The van der Waals surface area contributed by atoms with Gasteiger partial charge in [0.25, 0.3) is 5.79 Å². The molecule has 2 nitrogen and oxygen atoms in total. The Labute approximate surface area is 115 Å². The lowest BCUT2D eigenvalue weighted by atomic mass is 10.1. The van der Waals surface area contributed by atoms with Crippen LogP contribution in [-0.4, -0.2) is 0 Å². The predicted octanol–water partition coefficient (Wildman–Crippen LogP) is 4.67. The van der Waals surface area contributed by atoms with Crippen molar-refractivity contribution in [1.82, 2.24) is 0 Å². The molecule has 19 heavy (non-hydrogen) atoms. The summed E-state index contributed by atoms with van der Waals surface area (Å²) in [5.74, 6) is 0.950. The van der Waals surface area contributed by atoms with Crippen molar-refractivity contribution in [3.8, 4) is 11.5 Å². The smallest absolute Gasteiger partial charge is 0.275 e. The highest BCUT2D eigenvalue weighted by Gasteiger charge is 2.39. The molecule has 1 heterocycles. The number of aryl methyl sites for hydroxylation is 1. The highest BCUT2D eigenvalue weighted by atomic mass is 16.7. The molecule has 0 spiro atoms. The van der Waals surface area contributed by atoms with Crippen molar-refractivity contribution in [3.05, 3.63) is 59.7 Å². The first-order valence-electron chi connectivity index (χ1n) is 6.72. The molecule has 3 rings (SSSR count). The fraction of sp³-hybridized carbons (Fsp3) is 0.294. The molecule has 0 saturated heterocycles. The van der Waals surface area contributed by atoms with E-state index in [9.17, 15) is 0 Å². The maximum absolute atomic E-state index is 5.99. The van der Waals surface area contributed by atoms with Crippen LogP contribution in [0.3, 0.4) is 0 Å². The molecule has 0 N–H and O–H groups in total. The van der Waals surface area contributed by atoms with E-state index in [2.05, 4.69) is 0 Å². The van der Waals surface area contributed by atoms with E-state index in [1.54, 1.807) is 0 Å². The molecule has 0 aromatic heterocycles. The van der Waals surface area contributed by atoms with Crippen molar-refractivity contribution in [3.63, 3.8) is 0 Å². The normalized spacial score (nSPS) is 19.6. The van der Waals surface area contributed by atoms with Crippen molar-refractivity contribution in [2.75, 3.05) is 0 Å². The summed E-state index contributed by atoms with van der Waals surface area (Å²) < 4.78 is 11.9. The van der Waals surface area contributed by atoms with Gasteiger partial charge in [-0.3, -0.25) is 0 Å². The van der Waals surface area contributed by atoms with E-state index in [0.29, 0.717) is 0 Å². The Balaban J connectivity index is 0.000000637. The molecule has 0 amide bonds. The van der Waals surface area contributed by atoms with Gasteiger partial charge in [-0.25, -0.2) is 0 Å². The second kappa shape index (κ2) is 5.35. The Kier molecular flexibility index (Phi) is 3.79. The second-order valence-corrected chi connectivity index (χ2v) is 4.42. The van der Waals surface area contributed by atoms with Crippen LogP contribution < -0.4 is 9.47 Å². The minimum Gasteiger partial charge on any atom is -0.445 e. The van der Waals surface area contributed by atoms with Crippen LogP contribution in [0.25, 0.3) is 0 Å². The summed E-state index contributed by atoms with van der Waals surface area (Å²) >= 11 is 0. The van der Waals surface area contributed by atoms with Gasteiger partial charge >= 0.3 is 0 Å². The third kappa shape index (κ3) is 2.43. The minimum atomic E-state index is -0.713. The molecule has 1 aliphatic rings. The number of hydrogen-bond acceptors (Lipinski definition) is 2. The Morgan fingerprint density at radius 3 is 2.16 bits per heavy atom. The molecule has 0 saturated carbocycles. The fourth-order valence-corrected chi connectivity index (χ4v) is 2.12. The zero-order valence-corrected chi connectivity index (χ0v) is 11.9. The molecule has 2 heteroatoms. The van der Waals surface area contributed by atoms with Gasteiger partial charge in [-0.2, -0.15) is 0 Å². The summed E-state index contributed by atoms with van der Waals surface area (Å²) in [5.41, 5.74) is 2.12. The molecule has 0 radical (unpaired) electrons. The molecule has 100 valence electrons. The van der Waals surface area contributed by atoms with E-state index < -0.39 is 5.79 Å². The zero-order chi connectivity index (χ0) is 13.9. The first kappa shape index (κ1) is 13.5. The lowest BCUT2D eigenvalue weighted by Gasteiger charge is -2.23. The zero-order valence-electron chi connectivity index (χ0n) is 11.9. The lowest BCUT2D eigenvalue weighted by molar-refractivity contribution is -0.0682. The van der Waals surface area contributed by atoms with E-state index in [0.717, 1.165) is 22.6 Å². The largest absolute Gasteiger partial charge is 0.445 e. The quantitative estimate of drug-likeness (QED) is 0.738. The van der Waals surface area contributed by atoms with E-state index in [1.807, 2.05) is 76.2 Å². The van der Waals surface area contributed by atoms with Crippen LogP contribution in [0.2, 0.25) is 0 Å². The number of ether oxygens (including phenoxy) is 2. The van der Waals surface area contributed by atoms with Crippen LogP contribution in [0.4, 0.5) is 0 Å². The third-order valence-corrected chi connectivity index (χ3v) is 3.08. The SMILES string of the molecule is CC.Cc1cccc2c1OC(C)(c1ccccc1)O2. The van der Waals surface area contributed by atoms with Crippen molar-refractivity contribution in [2.45, 2.75) is 33.5 Å². The maximum Gasteiger partial charge on any atom is 0.275 e. The summed E-state index contributed by atoms with van der Waals surface area (Å²) in [7, 11) is 0. The lowest BCUT2D eigenvalue weighted by Crippen LogP contribution is -2.31. The fourth-order valence-electron chi connectivity index (χ4n) is 2.12. The summed E-state index contributed by atoms with van der Waals surface area (Å²) in [6.07, 6.45) is 0. The van der Waals surface area contributed by atoms with Crippen LogP contribution in [0, 0.1) is 6.92 Å². The summed E-state index contributed by atoms with van der Waals surface area (Å²) in [5, 5.41) is 0. The average molecular weight is 256 g/mol. The van der Waals surface area contributed by atoms with E-state index in [4.69, 9.17) is 9.47 Å². The standard InChI is InChI=1S/C15H14O2.C2H6/c1-11-7-6-10-13-14(11)17-15(2,16-13)12-8-4-3-5-9-12;1-2/h3-10H,1-2H3;1-2H3. The van der Waals surface area contributed by atoms with Gasteiger partial charge < -0.3 is 9.47 Å². The average Bonchev–Trinajstić information content (AvgIpc) is 2.82. The molecule has 0 aliphatic carbocycles. The van der Waals surface area contributed by atoms with Gasteiger partial charge in [0.05, 0.1) is 0 Å². The number of benzene rings is 2. The first-order valence-corrected chi connectivity index (χ1v) is 6.72. The van der Waals surface area contributed by atoms with Gasteiger partial charge in [-0.05, 0) is 18.6 Å². The summed E-state index contributed by atoms with van der Waals surface area (Å²) in [4.78, 5) is 0. The summed E-state index contributed by atoms with van der Waals surface area (Å²) in [6.45, 7) is 7.97. The van der Waals surface area contributed by atoms with E-state index in [-0.39, 0.29) is 0 Å². The van der Waals surface area contributed by atoms with Gasteiger partial charge in [0, 0.05) is 12.5 Å². The van der Waals surface area contributed by atoms with Crippen molar-refractivity contribution >= 4 is 0 Å². The van der Waals surface area contributed by atoms with Gasteiger partial charge in [0.15, 0.2) is 11.5 Å². The summed E-state index contributed by atoms with van der Waals surface area (Å²) in [6, 6.07) is 15.9. The molecule has 1 aliphatic heterocycles. The van der Waals surface area contributed by atoms with Gasteiger partial charge in [-0.15, -0.1) is 0 Å². The van der Waals surface area contributed by atoms with Crippen LogP contribution in [-0.2, 0) is 5.79 Å². The molecule has 2 aromatic rings. The monoisotopic (exact) mass is 256 g/mol. The second-order valence-electron chi connectivity index (χ2n) is 4.42. The van der Waals surface area contributed by atoms with Gasteiger partial charge in [0.1, 0.15) is 0 Å². The predicted molar refractivity (Wildman–Crippen MR) is 77.6 cm³/mol. The molecular formula is C17H20O2. The number of hydrogen-bond donors (Lipinski definition) is 0. The first-order chi connectivity index (χ1) is 9.19. The van der Waals surface area contributed by atoms with Crippen LogP contribution in [0.5, 0.6) is 11.5 Å². The van der Waals surface area contributed by atoms with Crippen LogP contribution in [0.1, 0.15) is 31.9 Å². The van der Waals surface area contributed by atoms with E-state index >= 15 is 0 Å². The van der Waals surface area contributed by atoms with Gasteiger partial charge in [-0.1, -0.05) is 56.3 Å². The number of para-hydroxylation sites is 1. The van der Waals surface area contributed by atoms with Gasteiger partial charge in [0.2, 0.25) is 0 Å². The Morgan fingerprint density at radius 1 is 0.842 bits per heavy atom. The van der Waals surface area contributed by atoms with Crippen LogP contribution >= 0.6 is 0 Å². The Hall–Kier alpha value is -1.96. The van der Waals surface area contributed by atoms with Crippen LogP contribution in [0.15, 0.2) is 48.5 Å². The molecular weight excluding hydrogens is 236 g/mol. The molecule has 1 unspecified atom stereocenters.